The third-order valence-electron chi connectivity index (χ3n) is 5.15. The molecule has 2 aromatic carbocycles. The SMILES string of the molecule is CCCCCCCCC#Cc1ccc(C#Cc2ccc(CCCCC)cc2)cc1. The summed E-state index contributed by atoms with van der Waals surface area (Å²) in [5, 5.41) is 0. The summed E-state index contributed by atoms with van der Waals surface area (Å²) >= 11 is 0. The number of hydrogen-bond donors (Lipinski definition) is 0. The Bertz CT molecular complexity index is 801. The molecule has 0 radical (unpaired) electrons. The van der Waals surface area contributed by atoms with Crippen LogP contribution in [0.2, 0.25) is 0 Å². The molecule has 0 saturated heterocycles. The van der Waals surface area contributed by atoms with Crippen molar-refractivity contribution in [3.63, 3.8) is 0 Å². The van der Waals surface area contributed by atoms with Gasteiger partial charge in [-0.05, 0) is 61.2 Å². The first-order chi connectivity index (χ1) is 14.3. The lowest BCUT2D eigenvalue weighted by Crippen LogP contribution is -1.85. The quantitative estimate of drug-likeness (QED) is 0.288. The molecule has 0 bridgehead atoms. The Morgan fingerprint density at radius 1 is 0.517 bits per heavy atom. The third kappa shape index (κ3) is 10.1. The summed E-state index contributed by atoms with van der Waals surface area (Å²) in [6.07, 6.45) is 14.0. The maximum Gasteiger partial charge on any atom is 0.0249 e. The van der Waals surface area contributed by atoms with Crippen LogP contribution in [0.5, 0.6) is 0 Å². The van der Waals surface area contributed by atoms with E-state index < -0.39 is 0 Å². The second kappa shape index (κ2) is 14.5. The number of benzene rings is 2. The Balaban J connectivity index is 1.77. The molecule has 2 rings (SSSR count). The van der Waals surface area contributed by atoms with Gasteiger partial charge in [-0.1, -0.05) is 94.6 Å². The van der Waals surface area contributed by atoms with Crippen molar-refractivity contribution >= 4 is 0 Å². The predicted molar refractivity (Wildman–Crippen MR) is 127 cm³/mol. The Hall–Kier alpha value is -2.44. The first kappa shape index (κ1) is 22.8. The molecular weight excluding hydrogens is 348 g/mol. The molecule has 152 valence electrons. The van der Waals surface area contributed by atoms with E-state index in [-0.39, 0.29) is 0 Å². The molecule has 0 aromatic heterocycles. The molecule has 29 heavy (non-hydrogen) atoms. The summed E-state index contributed by atoms with van der Waals surface area (Å²) in [4.78, 5) is 0. The van der Waals surface area contributed by atoms with Crippen molar-refractivity contribution < 1.29 is 0 Å². The molecule has 0 aliphatic carbocycles. The van der Waals surface area contributed by atoms with E-state index in [9.17, 15) is 0 Å². The van der Waals surface area contributed by atoms with E-state index in [0.717, 1.165) is 23.1 Å². The molecule has 2 aromatic rings. The first-order valence-electron chi connectivity index (χ1n) is 11.5. The molecule has 0 atom stereocenters. The normalized spacial score (nSPS) is 10.0. The Morgan fingerprint density at radius 2 is 1.00 bits per heavy atom. The molecule has 0 aliphatic heterocycles. The van der Waals surface area contributed by atoms with Gasteiger partial charge >= 0.3 is 0 Å². The molecule has 0 aliphatic rings. The minimum atomic E-state index is 1.00. The second-order valence-corrected chi connectivity index (χ2v) is 7.80. The van der Waals surface area contributed by atoms with Gasteiger partial charge in [0, 0.05) is 23.1 Å². The van der Waals surface area contributed by atoms with Crippen molar-refractivity contribution in [3.05, 3.63) is 70.8 Å². The zero-order chi connectivity index (χ0) is 20.6. The fourth-order valence-electron chi connectivity index (χ4n) is 3.27. The van der Waals surface area contributed by atoms with E-state index in [4.69, 9.17) is 0 Å². The van der Waals surface area contributed by atoms with E-state index in [1.54, 1.807) is 0 Å². The lowest BCUT2D eigenvalue weighted by Gasteiger charge is -2.00. The van der Waals surface area contributed by atoms with E-state index >= 15 is 0 Å². The maximum atomic E-state index is 3.31. The highest BCUT2D eigenvalue weighted by atomic mass is 14.0. The molecule has 0 nitrogen and oxygen atoms in total. The van der Waals surface area contributed by atoms with Crippen molar-refractivity contribution in [1.82, 2.24) is 0 Å². The zero-order valence-corrected chi connectivity index (χ0v) is 18.4. The minimum Gasteiger partial charge on any atom is -0.0979 e. The summed E-state index contributed by atoms with van der Waals surface area (Å²) in [6.45, 7) is 4.50. The number of aryl methyl sites for hydroxylation is 1. The van der Waals surface area contributed by atoms with Crippen LogP contribution in [0.3, 0.4) is 0 Å². The average Bonchev–Trinajstić information content (AvgIpc) is 2.76. The fraction of sp³-hybridized carbons (Fsp3) is 0.448. The summed E-state index contributed by atoms with van der Waals surface area (Å²) < 4.78 is 0. The summed E-state index contributed by atoms with van der Waals surface area (Å²) in [6, 6.07) is 17.0. The van der Waals surface area contributed by atoms with Gasteiger partial charge in [0.05, 0.1) is 0 Å². The van der Waals surface area contributed by atoms with Crippen LogP contribution in [0.15, 0.2) is 48.5 Å². The van der Waals surface area contributed by atoms with Gasteiger partial charge in [0.15, 0.2) is 0 Å². The van der Waals surface area contributed by atoms with Gasteiger partial charge in [-0.2, -0.15) is 0 Å². The fourth-order valence-corrected chi connectivity index (χ4v) is 3.27. The van der Waals surface area contributed by atoms with E-state index in [1.165, 1.54) is 69.8 Å². The van der Waals surface area contributed by atoms with Gasteiger partial charge in [-0.3, -0.25) is 0 Å². The smallest absolute Gasteiger partial charge is 0.0249 e. The summed E-state index contributed by atoms with van der Waals surface area (Å²) in [7, 11) is 0. The van der Waals surface area contributed by atoms with Crippen LogP contribution in [-0.2, 0) is 6.42 Å². The second-order valence-electron chi connectivity index (χ2n) is 7.80. The number of unbranched alkanes of at least 4 members (excludes halogenated alkanes) is 8. The Labute approximate surface area is 179 Å². The van der Waals surface area contributed by atoms with E-state index in [2.05, 4.69) is 86.1 Å². The number of rotatable bonds is 10. The number of hydrogen-bond acceptors (Lipinski definition) is 0. The molecule has 0 heterocycles. The highest BCUT2D eigenvalue weighted by Crippen LogP contribution is 2.09. The van der Waals surface area contributed by atoms with Crippen molar-refractivity contribution in [2.75, 3.05) is 0 Å². The predicted octanol–water partition coefficient (Wildman–Crippen LogP) is 7.92. The monoisotopic (exact) mass is 384 g/mol. The largest absolute Gasteiger partial charge is 0.0979 e. The van der Waals surface area contributed by atoms with Crippen LogP contribution in [0.25, 0.3) is 0 Å². The van der Waals surface area contributed by atoms with Crippen LogP contribution < -0.4 is 0 Å². The van der Waals surface area contributed by atoms with Crippen LogP contribution >= 0.6 is 0 Å². The Morgan fingerprint density at radius 3 is 1.62 bits per heavy atom. The first-order valence-corrected chi connectivity index (χ1v) is 11.5. The highest BCUT2D eigenvalue weighted by Gasteiger charge is 1.94. The molecule has 0 unspecified atom stereocenters. The van der Waals surface area contributed by atoms with Gasteiger partial charge < -0.3 is 0 Å². The van der Waals surface area contributed by atoms with Crippen LogP contribution in [0, 0.1) is 23.7 Å². The van der Waals surface area contributed by atoms with Crippen LogP contribution in [-0.4, -0.2) is 0 Å². The van der Waals surface area contributed by atoms with E-state index in [0.29, 0.717) is 0 Å². The van der Waals surface area contributed by atoms with Gasteiger partial charge in [0.25, 0.3) is 0 Å². The highest BCUT2D eigenvalue weighted by molar-refractivity contribution is 5.46. The maximum absolute atomic E-state index is 3.31. The van der Waals surface area contributed by atoms with Gasteiger partial charge in [-0.25, -0.2) is 0 Å². The molecule has 0 saturated carbocycles. The van der Waals surface area contributed by atoms with Gasteiger partial charge in [-0.15, -0.1) is 0 Å². The topological polar surface area (TPSA) is 0 Å². The minimum absolute atomic E-state index is 1.00. The van der Waals surface area contributed by atoms with Crippen molar-refractivity contribution in [1.29, 1.82) is 0 Å². The molecule has 0 heteroatoms. The lowest BCUT2D eigenvalue weighted by molar-refractivity contribution is 0.614. The molecular formula is C29H36. The van der Waals surface area contributed by atoms with Crippen molar-refractivity contribution in [2.24, 2.45) is 0 Å². The Kier molecular flexibility index (Phi) is 11.5. The van der Waals surface area contributed by atoms with Gasteiger partial charge in [0.2, 0.25) is 0 Å². The molecule has 0 fully saturated rings. The van der Waals surface area contributed by atoms with Crippen molar-refractivity contribution in [3.8, 4) is 23.7 Å². The van der Waals surface area contributed by atoms with E-state index in [1.807, 2.05) is 0 Å². The van der Waals surface area contributed by atoms with Crippen molar-refractivity contribution in [2.45, 2.75) is 84.5 Å². The summed E-state index contributed by atoms with van der Waals surface area (Å²) in [5.74, 6) is 13.1. The molecule has 0 amide bonds. The van der Waals surface area contributed by atoms with Crippen LogP contribution in [0.4, 0.5) is 0 Å². The standard InChI is InChI=1S/C29H36/c1-3-5-7-8-9-10-11-13-15-27-18-22-29(23-19-27)25-24-28-20-16-26(17-21-28)14-12-6-4-2/h16-23H,3-12,14H2,1-2H3. The van der Waals surface area contributed by atoms with Gasteiger partial charge in [0.1, 0.15) is 0 Å². The lowest BCUT2D eigenvalue weighted by atomic mass is 10.1. The zero-order valence-electron chi connectivity index (χ0n) is 18.4. The third-order valence-corrected chi connectivity index (χ3v) is 5.15. The van der Waals surface area contributed by atoms with Crippen LogP contribution in [0.1, 0.15) is 100 Å². The summed E-state index contributed by atoms with van der Waals surface area (Å²) in [5.41, 5.74) is 4.61. The molecule has 0 N–H and O–H groups in total. The average molecular weight is 385 g/mol. The molecule has 0 spiro atoms.